The van der Waals surface area contributed by atoms with Crippen LogP contribution in [0.25, 0.3) is 0 Å². The van der Waals surface area contributed by atoms with Crippen molar-refractivity contribution in [1.82, 2.24) is 0 Å². The predicted molar refractivity (Wildman–Crippen MR) is 64.0 cm³/mol. The summed E-state index contributed by atoms with van der Waals surface area (Å²) >= 11 is 1.31. The first kappa shape index (κ1) is 10.7. The molecule has 4 nitrogen and oxygen atoms in total. The van der Waals surface area contributed by atoms with Crippen molar-refractivity contribution in [2.45, 2.75) is 12.2 Å². The zero-order chi connectivity index (χ0) is 11.5. The summed E-state index contributed by atoms with van der Waals surface area (Å²) in [4.78, 5) is 17.1. The Kier molecular flexibility index (Phi) is 2.93. The van der Waals surface area contributed by atoms with E-state index < -0.39 is 0 Å². The van der Waals surface area contributed by atoms with E-state index in [0.717, 1.165) is 5.69 Å². The monoisotopic (exact) mass is 231 g/mol. The van der Waals surface area contributed by atoms with Gasteiger partial charge >= 0.3 is 0 Å². The van der Waals surface area contributed by atoms with Gasteiger partial charge < -0.3 is 0 Å². The summed E-state index contributed by atoms with van der Waals surface area (Å²) in [7, 11) is 0. The van der Waals surface area contributed by atoms with Crippen molar-refractivity contribution in [2.24, 2.45) is 4.99 Å². The molecule has 1 aromatic carbocycles. The normalized spacial score (nSPS) is 22.5. The first-order chi connectivity index (χ1) is 7.74. The Hall–Kier alpha value is -1.80. The Bertz CT molecular complexity index is 478. The molecule has 0 bridgehead atoms. The third-order valence-electron chi connectivity index (χ3n) is 2.20. The largest absolute Gasteiger partial charge is 0.273 e. The van der Waals surface area contributed by atoms with E-state index in [1.54, 1.807) is 6.19 Å². The van der Waals surface area contributed by atoms with Crippen molar-refractivity contribution in [3.05, 3.63) is 30.3 Å². The summed E-state index contributed by atoms with van der Waals surface area (Å²) in [5.74, 6) is -0.0369. The second-order valence-corrected chi connectivity index (χ2v) is 4.57. The summed E-state index contributed by atoms with van der Waals surface area (Å²) in [6.07, 6.45) is 1.72. The molecule has 0 spiro atoms. The molecule has 1 aliphatic heterocycles. The van der Waals surface area contributed by atoms with Crippen LogP contribution < -0.4 is 4.90 Å². The van der Waals surface area contributed by atoms with Crippen LogP contribution in [0.5, 0.6) is 0 Å². The third-order valence-corrected chi connectivity index (χ3v) is 3.24. The van der Waals surface area contributed by atoms with Crippen LogP contribution in [-0.4, -0.2) is 16.3 Å². The molecule has 1 aliphatic rings. The van der Waals surface area contributed by atoms with E-state index >= 15 is 0 Å². The van der Waals surface area contributed by atoms with Crippen molar-refractivity contribution < 1.29 is 4.79 Å². The highest BCUT2D eigenvalue weighted by Gasteiger charge is 2.36. The molecule has 1 unspecified atom stereocenters. The molecular weight excluding hydrogens is 222 g/mol. The van der Waals surface area contributed by atoms with Gasteiger partial charge in [-0.3, -0.25) is 9.69 Å². The topological polar surface area (TPSA) is 56.5 Å². The fourth-order valence-corrected chi connectivity index (χ4v) is 2.39. The third kappa shape index (κ3) is 1.79. The van der Waals surface area contributed by atoms with Gasteiger partial charge in [0.05, 0.1) is 10.9 Å². The van der Waals surface area contributed by atoms with Gasteiger partial charge in [-0.05, 0) is 19.1 Å². The molecule has 1 aromatic rings. The van der Waals surface area contributed by atoms with Crippen molar-refractivity contribution >= 4 is 28.5 Å². The van der Waals surface area contributed by atoms with Gasteiger partial charge in [0.25, 0.3) is 0 Å². The van der Waals surface area contributed by atoms with Crippen molar-refractivity contribution in [3.63, 3.8) is 0 Å². The number of amides is 1. The molecule has 0 N–H and O–H groups in total. The number of hydrogen-bond acceptors (Lipinski definition) is 4. The molecular formula is C11H9N3OS. The van der Waals surface area contributed by atoms with Crippen LogP contribution >= 0.6 is 11.8 Å². The highest BCUT2D eigenvalue weighted by Crippen LogP contribution is 2.31. The van der Waals surface area contributed by atoms with Gasteiger partial charge in [-0.1, -0.05) is 30.0 Å². The van der Waals surface area contributed by atoms with Gasteiger partial charge in [0.2, 0.25) is 12.1 Å². The lowest BCUT2D eigenvalue weighted by molar-refractivity contribution is -0.116. The van der Waals surface area contributed by atoms with E-state index in [0.29, 0.717) is 5.17 Å². The number of benzene rings is 1. The van der Waals surface area contributed by atoms with Crippen LogP contribution in [-0.2, 0) is 4.79 Å². The lowest BCUT2D eigenvalue weighted by Crippen LogP contribution is -2.31. The lowest BCUT2D eigenvalue weighted by atomic mass is 10.3. The highest BCUT2D eigenvalue weighted by molar-refractivity contribution is 8.16. The zero-order valence-corrected chi connectivity index (χ0v) is 9.44. The summed E-state index contributed by atoms with van der Waals surface area (Å²) in [5, 5.41) is 8.84. The Labute approximate surface area is 97.6 Å². The van der Waals surface area contributed by atoms with Gasteiger partial charge in [-0.2, -0.15) is 5.26 Å². The van der Waals surface area contributed by atoms with Crippen molar-refractivity contribution in [3.8, 4) is 6.19 Å². The Morgan fingerprint density at radius 3 is 2.75 bits per heavy atom. The fourth-order valence-electron chi connectivity index (χ4n) is 1.47. The maximum atomic E-state index is 11.9. The van der Waals surface area contributed by atoms with Crippen LogP contribution in [0.1, 0.15) is 6.92 Å². The first-order valence-electron chi connectivity index (χ1n) is 4.76. The number of carbonyl (C=O) groups is 1. The number of aliphatic imine (C=N–C) groups is 1. The average Bonchev–Trinajstić information content (AvgIpc) is 2.57. The molecule has 1 saturated heterocycles. The number of anilines is 1. The van der Waals surface area contributed by atoms with Crippen LogP contribution in [0.4, 0.5) is 5.69 Å². The summed E-state index contributed by atoms with van der Waals surface area (Å²) < 4.78 is 0. The zero-order valence-electron chi connectivity index (χ0n) is 8.62. The second-order valence-electron chi connectivity index (χ2n) is 3.26. The summed E-state index contributed by atoms with van der Waals surface area (Å²) in [6.45, 7) is 1.81. The molecule has 5 heteroatoms. The summed E-state index contributed by atoms with van der Waals surface area (Å²) in [6, 6.07) is 9.22. The predicted octanol–water partition coefficient (Wildman–Crippen LogP) is 1.99. The molecule has 1 amide bonds. The van der Waals surface area contributed by atoms with E-state index in [1.165, 1.54) is 16.7 Å². The average molecular weight is 231 g/mol. The molecule has 1 atom stereocenters. The minimum Gasteiger partial charge on any atom is -0.273 e. The number of nitrogens with zero attached hydrogens (tertiary/aromatic N) is 3. The van der Waals surface area contributed by atoms with Crippen LogP contribution in [0.15, 0.2) is 35.3 Å². The molecule has 16 heavy (non-hydrogen) atoms. The fraction of sp³-hybridized carbons (Fsp3) is 0.182. The summed E-state index contributed by atoms with van der Waals surface area (Å²) in [5.41, 5.74) is 0.748. The Morgan fingerprint density at radius 1 is 1.44 bits per heavy atom. The lowest BCUT2D eigenvalue weighted by Gasteiger charge is -2.14. The minimum absolute atomic E-state index is 0.0369. The van der Waals surface area contributed by atoms with E-state index in [9.17, 15) is 4.79 Å². The minimum atomic E-state index is -0.188. The van der Waals surface area contributed by atoms with Crippen molar-refractivity contribution in [2.75, 3.05) is 4.90 Å². The quantitative estimate of drug-likeness (QED) is 0.694. The Balaban J connectivity index is 2.42. The number of para-hydroxylation sites is 1. The molecule has 2 rings (SSSR count). The molecule has 80 valence electrons. The molecule has 0 aromatic heterocycles. The second kappa shape index (κ2) is 4.37. The number of thioether (sulfide) groups is 1. The van der Waals surface area contributed by atoms with Crippen LogP contribution in [0, 0.1) is 11.5 Å². The standard InChI is InChI=1S/C11H9N3OS/c1-8-10(15)14(11(16-8)13-7-12)9-5-3-2-4-6-9/h2-6,8H,1H3. The van der Waals surface area contributed by atoms with E-state index in [4.69, 9.17) is 5.26 Å². The van der Waals surface area contributed by atoms with E-state index in [1.807, 2.05) is 37.3 Å². The molecule has 1 heterocycles. The van der Waals surface area contributed by atoms with E-state index in [2.05, 4.69) is 4.99 Å². The highest BCUT2D eigenvalue weighted by atomic mass is 32.2. The number of nitriles is 1. The van der Waals surface area contributed by atoms with Crippen LogP contribution in [0.2, 0.25) is 0 Å². The molecule has 1 fully saturated rings. The van der Waals surface area contributed by atoms with E-state index in [-0.39, 0.29) is 11.2 Å². The van der Waals surface area contributed by atoms with Crippen molar-refractivity contribution in [1.29, 1.82) is 5.26 Å². The maximum Gasteiger partial charge on any atom is 0.246 e. The van der Waals surface area contributed by atoms with Gasteiger partial charge in [0.15, 0.2) is 5.17 Å². The van der Waals surface area contributed by atoms with Gasteiger partial charge in [-0.25, -0.2) is 0 Å². The Morgan fingerprint density at radius 2 is 2.12 bits per heavy atom. The maximum absolute atomic E-state index is 11.9. The number of carbonyl (C=O) groups excluding carboxylic acids is 1. The number of rotatable bonds is 1. The molecule has 0 aliphatic carbocycles. The molecule has 0 saturated carbocycles. The van der Waals surface area contributed by atoms with Gasteiger partial charge in [0, 0.05) is 0 Å². The molecule has 0 radical (unpaired) electrons. The van der Waals surface area contributed by atoms with Crippen LogP contribution in [0.3, 0.4) is 0 Å². The number of hydrogen-bond donors (Lipinski definition) is 0. The smallest absolute Gasteiger partial charge is 0.246 e. The number of amidine groups is 1. The van der Waals surface area contributed by atoms with Gasteiger partial charge in [-0.15, -0.1) is 4.99 Å². The first-order valence-corrected chi connectivity index (χ1v) is 5.64. The van der Waals surface area contributed by atoms with Gasteiger partial charge in [0.1, 0.15) is 0 Å². The SMILES string of the molecule is CC1SC(=NC#N)N(c2ccccc2)C1=O.